The molecule has 0 atom stereocenters. The number of guanidine groups is 1. The molecule has 0 unspecified atom stereocenters. The number of nitrogens with zero attached hydrogens (tertiary/aromatic N) is 4. The molecule has 1 heterocycles. The first-order valence-corrected chi connectivity index (χ1v) is 9.18. The van der Waals surface area contributed by atoms with Crippen molar-refractivity contribution in [3.63, 3.8) is 0 Å². The maximum absolute atomic E-state index is 12.6. The summed E-state index contributed by atoms with van der Waals surface area (Å²) in [5, 5.41) is 10.8. The quantitative estimate of drug-likeness (QED) is 0.573. The SMILES string of the molecule is CCNC(=NCC1(C(=O)N(C)C)CCCC1)NCCc1cnn(C)c1. The van der Waals surface area contributed by atoms with Crippen LogP contribution < -0.4 is 10.6 Å². The third-order valence-corrected chi connectivity index (χ3v) is 4.77. The van der Waals surface area contributed by atoms with Gasteiger partial charge < -0.3 is 15.5 Å². The Hall–Kier alpha value is -2.05. The third kappa shape index (κ3) is 5.21. The molecule has 25 heavy (non-hydrogen) atoms. The Kier molecular flexibility index (Phi) is 6.84. The first-order valence-electron chi connectivity index (χ1n) is 9.18. The van der Waals surface area contributed by atoms with Crippen molar-refractivity contribution in [1.29, 1.82) is 0 Å². The molecule has 140 valence electrons. The summed E-state index contributed by atoms with van der Waals surface area (Å²) in [7, 11) is 5.60. The molecule has 7 heteroatoms. The monoisotopic (exact) mass is 348 g/mol. The molecule has 0 spiro atoms. The molecule has 1 saturated carbocycles. The molecule has 0 bridgehead atoms. The van der Waals surface area contributed by atoms with Gasteiger partial charge in [0.05, 0.1) is 18.2 Å². The summed E-state index contributed by atoms with van der Waals surface area (Å²) in [6.45, 7) is 4.18. The van der Waals surface area contributed by atoms with Gasteiger partial charge in [-0.3, -0.25) is 14.5 Å². The maximum Gasteiger partial charge on any atom is 0.230 e. The van der Waals surface area contributed by atoms with Crippen LogP contribution in [0.4, 0.5) is 0 Å². The van der Waals surface area contributed by atoms with E-state index < -0.39 is 0 Å². The van der Waals surface area contributed by atoms with E-state index in [4.69, 9.17) is 4.99 Å². The van der Waals surface area contributed by atoms with Gasteiger partial charge in [0, 0.05) is 40.4 Å². The number of amides is 1. The van der Waals surface area contributed by atoms with Gasteiger partial charge in [-0.15, -0.1) is 0 Å². The van der Waals surface area contributed by atoms with E-state index in [9.17, 15) is 4.79 Å². The van der Waals surface area contributed by atoms with E-state index >= 15 is 0 Å². The fourth-order valence-corrected chi connectivity index (χ4v) is 3.46. The van der Waals surface area contributed by atoms with E-state index in [1.54, 1.807) is 4.90 Å². The number of aromatic nitrogens is 2. The number of nitrogens with one attached hydrogen (secondary N) is 2. The Morgan fingerprint density at radius 3 is 2.64 bits per heavy atom. The van der Waals surface area contributed by atoms with Crippen LogP contribution in [0.15, 0.2) is 17.4 Å². The van der Waals surface area contributed by atoms with Crippen molar-refractivity contribution in [3.8, 4) is 0 Å². The zero-order chi connectivity index (χ0) is 18.3. The number of carbonyl (C=O) groups is 1. The van der Waals surface area contributed by atoms with Crippen molar-refractivity contribution in [2.24, 2.45) is 17.5 Å². The van der Waals surface area contributed by atoms with Gasteiger partial charge in [-0.1, -0.05) is 12.8 Å². The minimum Gasteiger partial charge on any atom is -0.357 e. The highest BCUT2D eigenvalue weighted by Gasteiger charge is 2.41. The van der Waals surface area contributed by atoms with Crippen molar-refractivity contribution < 1.29 is 4.79 Å². The fourth-order valence-electron chi connectivity index (χ4n) is 3.46. The normalized spacial score (nSPS) is 16.7. The lowest BCUT2D eigenvalue weighted by atomic mass is 9.85. The summed E-state index contributed by atoms with van der Waals surface area (Å²) in [6.07, 6.45) is 8.88. The molecule has 1 aliphatic rings. The predicted octanol–water partition coefficient (Wildman–Crippen LogP) is 1.17. The average molecular weight is 348 g/mol. The van der Waals surface area contributed by atoms with Gasteiger partial charge in [0.25, 0.3) is 0 Å². The van der Waals surface area contributed by atoms with E-state index in [-0.39, 0.29) is 11.3 Å². The second-order valence-electron chi connectivity index (χ2n) is 7.08. The summed E-state index contributed by atoms with van der Waals surface area (Å²) in [5.41, 5.74) is 0.871. The van der Waals surface area contributed by atoms with Crippen LogP contribution in [0.25, 0.3) is 0 Å². The molecule has 7 nitrogen and oxygen atoms in total. The van der Waals surface area contributed by atoms with Crippen molar-refractivity contribution in [2.45, 2.75) is 39.0 Å². The van der Waals surface area contributed by atoms with Gasteiger partial charge in [-0.2, -0.15) is 5.10 Å². The van der Waals surface area contributed by atoms with Crippen molar-refractivity contribution >= 4 is 11.9 Å². The maximum atomic E-state index is 12.6. The second kappa shape index (κ2) is 8.87. The first-order chi connectivity index (χ1) is 12.0. The number of aryl methyl sites for hydroxylation is 1. The molecule has 1 amide bonds. The Morgan fingerprint density at radius 1 is 1.36 bits per heavy atom. The molecule has 2 rings (SSSR count). The van der Waals surface area contributed by atoms with Crippen LogP contribution in [0.3, 0.4) is 0 Å². The largest absolute Gasteiger partial charge is 0.357 e. The van der Waals surface area contributed by atoms with E-state index in [1.807, 2.05) is 38.2 Å². The molecular weight excluding hydrogens is 316 g/mol. The molecule has 1 aromatic heterocycles. The number of aliphatic imine (C=N–C) groups is 1. The zero-order valence-electron chi connectivity index (χ0n) is 16.0. The Morgan fingerprint density at radius 2 is 2.08 bits per heavy atom. The van der Waals surface area contributed by atoms with E-state index in [2.05, 4.69) is 22.7 Å². The standard InChI is InChI=1S/C18H32N6O/c1-5-19-17(20-11-8-15-12-22-24(4)13-15)21-14-18(9-6-7-10-18)16(25)23(2)3/h12-13H,5-11,14H2,1-4H3,(H2,19,20,21). The lowest BCUT2D eigenvalue weighted by Crippen LogP contribution is -2.43. The van der Waals surface area contributed by atoms with E-state index in [0.29, 0.717) is 6.54 Å². The van der Waals surface area contributed by atoms with Crippen LogP contribution in [0.5, 0.6) is 0 Å². The number of hydrogen-bond donors (Lipinski definition) is 2. The molecule has 0 aromatic carbocycles. The summed E-state index contributed by atoms with van der Waals surface area (Å²) < 4.78 is 1.81. The number of rotatable bonds is 7. The van der Waals surface area contributed by atoms with Crippen LogP contribution >= 0.6 is 0 Å². The van der Waals surface area contributed by atoms with Crippen LogP contribution in [-0.4, -0.2) is 60.3 Å². The van der Waals surface area contributed by atoms with Gasteiger partial charge >= 0.3 is 0 Å². The van der Waals surface area contributed by atoms with Crippen LogP contribution in [0, 0.1) is 5.41 Å². The first kappa shape index (κ1) is 19.3. The third-order valence-electron chi connectivity index (χ3n) is 4.77. The summed E-state index contributed by atoms with van der Waals surface area (Å²) in [5.74, 6) is 0.990. The Labute approximate surface area is 150 Å². The van der Waals surface area contributed by atoms with Crippen LogP contribution in [0.1, 0.15) is 38.2 Å². The molecule has 1 aromatic rings. The van der Waals surface area contributed by atoms with Crippen molar-refractivity contribution in [2.75, 3.05) is 33.7 Å². The molecule has 0 aliphatic heterocycles. The number of carbonyl (C=O) groups excluding carboxylic acids is 1. The molecule has 0 radical (unpaired) electrons. The minimum atomic E-state index is -0.324. The van der Waals surface area contributed by atoms with Crippen molar-refractivity contribution in [1.82, 2.24) is 25.3 Å². The average Bonchev–Trinajstić information content (AvgIpc) is 3.22. The minimum absolute atomic E-state index is 0.208. The van der Waals surface area contributed by atoms with E-state index in [0.717, 1.165) is 51.2 Å². The highest BCUT2D eigenvalue weighted by atomic mass is 16.2. The van der Waals surface area contributed by atoms with Gasteiger partial charge in [0.2, 0.25) is 5.91 Å². The number of hydrogen-bond acceptors (Lipinski definition) is 3. The van der Waals surface area contributed by atoms with Crippen LogP contribution in [0.2, 0.25) is 0 Å². The summed E-state index contributed by atoms with van der Waals surface area (Å²) in [6, 6.07) is 0. The summed E-state index contributed by atoms with van der Waals surface area (Å²) >= 11 is 0. The second-order valence-corrected chi connectivity index (χ2v) is 7.08. The highest BCUT2D eigenvalue weighted by Crippen LogP contribution is 2.39. The molecule has 1 aliphatic carbocycles. The van der Waals surface area contributed by atoms with E-state index in [1.165, 1.54) is 5.56 Å². The smallest absolute Gasteiger partial charge is 0.230 e. The molecule has 0 saturated heterocycles. The molecule has 1 fully saturated rings. The van der Waals surface area contributed by atoms with Gasteiger partial charge in [-0.25, -0.2) is 0 Å². The fraction of sp³-hybridized carbons (Fsp3) is 0.722. The van der Waals surface area contributed by atoms with Gasteiger partial charge in [-0.05, 0) is 31.7 Å². The Balaban J connectivity index is 1.96. The zero-order valence-corrected chi connectivity index (χ0v) is 16.0. The van der Waals surface area contributed by atoms with Crippen LogP contribution in [-0.2, 0) is 18.3 Å². The summed E-state index contributed by atoms with van der Waals surface area (Å²) in [4.78, 5) is 19.1. The lowest BCUT2D eigenvalue weighted by Gasteiger charge is -2.29. The van der Waals surface area contributed by atoms with Gasteiger partial charge in [0.15, 0.2) is 5.96 Å². The molecule has 2 N–H and O–H groups in total. The molecular formula is C18H32N6O. The Bertz CT molecular complexity index is 586. The predicted molar refractivity (Wildman–Crippen MR) is 100 cm³/mol. The topological polar surface area (TPSA) is 74.6 Å². The van der Waals surface area contributed by atoms with Crippen molar-refractivity contribution in [3.05, 3.63) is 18.0 Å². The van der Waals surface area contributed by atoms with Gasteiger partial charge in [0.1, 0.15) is 0 Å². The highest BCUT2D eigenvalue weighted by molar-refractivity contribution is 5.84. The lowest BCUT2D eigenvalue weighted by molar-refractivity contribution is -0.138.